The molecule has 23 heavy (non-hydrogen) atoms. The van der Waals surface area contributed by atoms with E-state index in [1.807, 2.05) is 0 Å². The van der Waals surface area contributed by atoms with Crippen LogP contribution in [0.3, 0.4) is 0 Å². The van der Waals surface area contributed by atoms with E-state index in [-0.39, 0.29) is 11.2 Å². The summed E-state index contributed by atoms with van der Waals surface area (Å²) in [4.78, 5) is 24.4. The third kappa shape index (κ3) is 3.27. The molecule has 1 N–H and O–H groups in total. The summed E-state index contributed by atoms with van der Waals surface area (Å²) < 4.78 is 11.3. The van der Waals surface area contributed by atoms with Crippen molar-refractivity contribution >= 4 is 38.5 Å². The van der Waals surface area contributed by atoms with Crippen molar-refractivity contribution in [1.29, 1.82) is 0 Å². The lowest BCUT2D eigenvalue weighted by Gasteiger charge is -2.06. The van der Waals surface area contributed by atoms with Crippen molar-refractivity contribution < 1.29 is 13.9 Å². The highest BCUT2D eigenvalue weighted by atomic mass is 79.9. The van der Waals surface area contributed by atoms with Gasteiger partial charge in [-0.1, -0.05) is 15.9 Å². The van der Waals surface area contributed by atoms with Gasteiger partial charge in [0.1, 0.15) is 11.3 Å². The maximum absolute atomic E-state index is 12.2. The first-order valence-electron chi connectivity index (χ1n) is 6.75. The Balaban J connectivity index is 1.91. The van der Waals surface area contributed by atoms with Crippen molar-refractivity contribution in [2.24, 2.45) is 0 Å². The summed E-state index contributed by atoms with van der Waals surface area (Å²) in [6.45, 7) is 0. The average Bonchev–Trinajstić information content (AvgIpc) is 2.56. The fraction of sp³-hybridized carbons (Fsp3) is 0.0588. The van der Waals surface area contributed by atoms with Gasteiger partial charge < -0.3 is 14.5 Å². The van der Waals surface area contributed by atoms with Crippen molar-refractivity contribution in [2.75, 3.05) is 12.4 Å². The van der Waals surface area contributed by atoms with E-state index in [1.54, 1.807) is 49.6 Å². The molecular weight excluding hydrogens is 362 g/mol. The predicted molar refractivity (Wildman–Crippen MR) is 91.1 cm³/mol. The van der Waals surface area contributed by atoms with Crippen molar-refractivity contribution in [1.82, 2.24) is 0 Å². The van der Waals surface area contributed by atoms with E-state index >= 15 is 0 Å². The predicted octanol–water partition coefficient (Wildman–Crippen LogP) is 3.82. The molecule has 0 saturated carbocycles. The van der Waals surface area contributed by atoms with Crippen LogP contribution in [-0.4, -0.2) is 13.0 Å². The number of carbonyl (C=O) groups is 1. The zero-order valence-electron chi connectivity index (χ0n) is 12.1. The summed E-state index contributed by atoms with van der Waals surface area (Å²) in [6.07, 6.45) is 0. The van der Waals surface area contributed by atoms with Crippen LogP contribution in [0.2, 0.25) is 0 Å². The van der Waals surface area contributed by atoms with Gasteiger partial charge in [-0.05, 0) is 42.5 Å². The number of ether oxygens (including phenoxy) is 1. The van der Waals surface area contributed by atoms with Crippen molar-refractivity contribution in [3.63, 3.8) is 0 Å². The van der Waals surface area contributed by atoms with Gasteiger partial charge in [0.25, 0.3) is 5.91 Å². The molecule has 5 nitrogen and oxygen atoms in total. The molecule has 6 heteroatoms. The number of hydrogen-bond donors (Lipinski definition) is 1. The van der Waals surface area contributed by atoms with Gasteiger partial charge >= 0.3 is 0 Å². The highest BCUT2D eigenvalue weighted by molar-refractivity contribution is 9.10. The summed E-state index contributed by atoms with van der Waals surface area (Å²) >= 11 is 3.30. The summed E-state index contributed by atoms with van der Waals surface area (Å²) in [5, 5.41) is 3.09. The molecule has 1 amide bonds. The Kier molecular flexibility index (Phi) is 4.16. The van der Waals surface area contributed by atoms with E-state index in [9.17, 15) is 9.59 Å². The summed E-state index contributed by atoms with van der Waals surface area (Å²) in [6, 6.07) is 13.1. The van der Waals surface area contributed by atoms with Crippen molar-refractivity contribution in [2.45, 2.75) is 0 Å². The fourth-order valence-electron chi connectivity index (χ4n) is 2.11. The van der Waals surface area contributed by atoms with E-state index in [1.165, 1.54) is 6.07 Å². The first-order chi connectivity index (χ1) is 11.1. The number of benzene rings is 2. The van der Waals surface area contributed by atoms with Crippen LogP contribution in [0, 0.1) is 0 Å². The van der Waals surface area contributed by atoms with Gasteiger partial charge in [0, 0.05) is 16.2 Å². The Hall–Kier alpha value is -2.60. The molecule has 0 saturated heterocycles. The van der Waals surface area contributed by atoms with Crippen LogP contribution in [-0.2, 0) is 0 Å². The molecule has 0 aliphatic rings. The molecule has 1 aromatic heterocycles. The first-order valence-corrected chi connectivity index (χ1v) is 7.55. The normalized spacial score (nSPS) is 10.5. The minimum atomic E-state index is -0.489. The van der Waals surface area contributed by atoms with Gasteiger partial charge in [0.15, 0.2) is 11.2 Å². The molecule has 0 spiro atoms. The fourth-order valence-corrected chi connectivity index (χ4v) is 2.47. The van der Waals surface area contributed by atoms with Gasteiger partial charge in [0.05, 0.1) is 12.5 Å². The minimum absolute atomic E-state index is 0.0411. The van der Waals surface area contributed by atoms with Crippen LogP contribution < -0.4 is 15.5 Å². The van der Waals surface area contributed by atoms with E-state index in [0.717, 1.165) is 4.47 Å². The monoisotopic (exact) mass is 373 g/mol. The summed E-state index contributed by atoms with van der Waals surface area (Å²) in [5.74, 6) is 0.156. The number of amides is 1. The molecule has 0 unspecified atom stereocenters. The van der Waals surface area contributed by atoms with Gasteiger partial charge in [-0.15, -0.1) is 0 Å². The van der Waals surface area contributed by atoms with Crippen molar-refractivity contribution in [3.8, 4) is 5.75 Å². The second kappa shape index (κ2) is 6.26. The maximum Gasteiger partial charge on any atom is 0.291 e. The molecule has 0 radical (unpaired) electrons. The largest absolute Gasteiger partial charge is 0.497 e. The Morgan fingerprint density at radius 1 is 1.13 bits per heavy atom. The molecule has 0 aliphatic carbocycles. The molecule has 3 rings (SSSR count). The van der Waals surface area contributed by atoms with Crippen LogP contribution in [0.5, 0.6) is 5.75 Å². The lowest BCUT2D eigenvalue weighted by atomic mass is 10.2. The third-order valence-corrected chi connectivity index (χ3v) is 3.75. The molecule has 116 valence electrons. The second-order valence-electron chi connectivity index (χ2n) is 4.80. The number of nitrogens with one attached hydrogen (secondary N) is 1. The van der Waals surface area contributed by atoms with E-state index in [2.05, 4.69) is 21.2 Å². The number of fused-ring (bicyclic) bond motifs is 1. The number of hydrogen-bond acceptors (Lipinski definition) is 4. The van der Waals surface area contributed by atoms with E-state index in [4.69, 9.17) is 9.15 Å². The van der Waals surface area contributed by atoms with Crippen molar-refractivity contribution in [3.05, 3.63) is 69.0 Å². The number of halogens is 1. The minimum Gasteiger partial charge on any atom is -0.497 e. The van der Waals surface area contributed by atoms with E-state index in [0.29, 0.717) is 22.4 Å². The molecule has 0 fully saturated rings. The van der Waals surface area contributed by atoms with Crippen LogP contribution in [0.15, 0.2) is 62.2 Å². The molecule has 1 heterocycles. The van der Waals surface area contributed by atoms with Gasteiger partial charge in [0.2, 0.25) is 0 Å². The molecule has 0 aliphatic heterocycles. The van der Waals surface area contributed by atoms with Gasteiger partial charge in [-0.3, -0.25) is 9.59 Å². The highest BCUT2D eigenvalue weighted by Gasteiger charge is 2.13. The molecule has 3 aromatic rings. The van der Waals surface area contributed by atoms with Gasteiger partial charge in [-0.2, -0.15) is 0 Å². The molecular formula is C17H12BrNO4. The lowest BCUT2D eigenvalue weighted by molar-refractivity contribution is 0.0997. The Bertz CT molecular complexity index is 931. The van der Waals surface area contributed by atoms with E-state index < -0.39 is 5.91 Å². The third-order valence-electron chi connectivity index (χ3n) is 3.26. The standard InChI is InChI=1S/C17H12BrNO4/c1-22-12-5-3-11(4-6-12)19-17(21)16-9-14(20)13-8-10(18)2-7-15(13)23-16/h2-9H,1H3,(H,19,21). The summed E-state index contributed by atoms with van der Waals surface area (Å²) in [5.41, 5.74) is 0.669. The van der Waals surface area contributed by atoms with Gasteiger partial charge in [-0.25, -0.2) is 0 Å². The zero-order chi connectivity index (χ0) is 16.4. The topological polar surface area (TPSA) is 68.5 Å². The highest BCUT2D eigenvalue weighted by Crippen LogP contribution is 2.19. The average molecular weight is 374 g/mol. The van der Waals surface area contributed by atoms with Crippen LogP contribution >= 0.6 is 15.9 Å². The van der Waals surface area contributed by atoms with Crippen LogP contribution in [0.1, 0.15) is 10.6 Å². The zero-order valence-corrected chi connectivity index (χ0v) is 13.7. The number of methoxy groups -OCH3 is 1. The Labute approximate surface area is 140 Å². The van der Waals surface area contributed by atoms with Crippen LogP contribution in [0.4, 0.5) is 5.69 Å². The maximum atomic E-state index is 12.2. The smallest absolute Gasteiger partial charge is 0.291 e. The Morgan fingerprint density at radius 2 is 1.87 bits per heavy atom. The SMILES string of the molecule is COc1ccc(NC(=O)c2cc(=O)c3cc(Br)ccc3o2)cc1. The Morgan fingerprint density at radius 3 is 2.57 bits per heavy atom. The molecule has 2 aromatic carbocycles. The summed E-state index contributed by atoms with van der Waals surface area (Å²) in [7, 11) is 1.57. The van der Waals surface area contributed by atoms with Crippen LogP contribution in [0.25, 0.3) is 11.0 Å². The first kappa shape index (κ1) is 15.3. The molecule has 0 bridgehead atoms. The number of rotatable bonds is 3. The molecule has 0 atom stereocenters. The quantitative estimate of drug-likeness (QED) is 0.757. The number of anilines is 1. The number of carbonyl (C=O) groups excluding carboxylic acids is 1. The lowest BCUT2D eigenvalue weighted by Crippen LogP contribution is -2.14. The second-order valence-corrected chi connectivity index (χ2v) is 5.71.